The summed E-state index contributed by atoms with van der Waals surface area (Å²) in [4.78, 5) is 12.1. The first-order valence-electron chi connectivity index (χ1n) is 5.51. The lowest BCUT2D eigenvalue weighted by Gasteiger charge is -2.11. The fraction of sp³-hybridized carbons (Fsp3) is 0.0714. The Bertz CT molecular complexity index is 605. The molecule has 0 atom stereocenters. The van der Waals surface area contributed by atoms with Crippen LogP contribution in [-0.4, -0.2) is 5.91 Å². The third-order valence-corrected chi connectivity index (χ3v) is 3.63. The number of nitrogens with one attached hydrogen (secondary N) is 1. The lowest BCUT2D eigenvalue weighted by molar-refractivity contribution is 0.102. The number of carbonyl (C=O) groups excluding carboxylic acids is 1. The molecule has 0 radical (unpaired) electrons. The number of hydrogen-bond donors (Lipinski definition) is 1. The summed E-state index contributed by atoms with van der Waals surface area (Å²) >= 11 is 9.18. The van der Waals surface area contributed by atoms with Crippen LogP contribution in [0.2, 0.25) is 5.02 Å². The Balaban J connectivity index is 2.37. The Kier molecular flexibility index (Phi) is 4.22. The molecule has 0 aliphatic heterocycles. The van der Waals surface area contributed by atoms with Crippen LogP contribution in [0.4, 0.5) is 10.1 Å². The summed E-state index contributed by atoms with van der Waals surface area (Å²) in [5, 5.41) is 3.05. The van der Waals surface area contributed by atoms with Crippen LogP contribution in [0.1, 0.15) is 15.9 Å². The van der Waals surface area contributed by atoms with Gasteiger partial charge in [-0.1, -0.05) is 29.8 Å². The van der Waals surface area contributed by atoms with Gasteiger partial charge in [-0.15, -0.1) is 0 Å². The normalized spacial score (nSPS) is 10.3. The van der Waals surface area contributed by atoms with Crippen LogP contribution < -0.4 is 5.32 Å². The highest BCUT2D eigenvalue weighted by Gasteiger charge is 2.17. The molecule has 1 amide bonds. The zero-order chi connectivity index (χ0) is 14.0. The topological polar surface area (TPSA) is 29.1 Å². The molecule has 0 aliphatic rings. The highest BCUT2D eigenvalue weighted by atomic mass is 79.9. The molecule has 0 saturated carbocycles. The summed E-state index contributed by atoms with van der Waals surface area (Å²) in [6, 6.07) is 9.64. The van der Waals surface area contributed by atoms with Crippen molar-refractivity contribution in [1.82, 2.24) is 0 Å². The van der Waals surface area contributed by atoms with E-state index in [2.05, 4.69) is 21.2 Å². The molecule has 98 valence electrons. The summed E-state index contributed by atoms with van der Waals surface area (Å²) in [6.45, 7) is 1.82. The lowest BCUT2D eigenvalue weighted by atomic mass is 10.1. The second kappa shape index (κ2) is 5.72. The first-order valence-corrected chi connectivity index (χ1v) is 6.68. The molecule has 0 heterocycles. The number of halogens is 3. The van der Waals surface area contributed by atoms with Gasteiger partial charge in [-0.25, -0.2) is 4.39 Å². The first kappa shape index (κ1) is 14.0. The molecule has 0 fully saturated rings. The Morgan fingerprint density at radius 2 is 1.95 bits per heavy atom. The molecule has 19 heavy (non-hydrogen) atoms. The van der Waals surface area contributed by atoms with Crippen molar-refractivity contribution in [3.63, 3.8) is 0 Å². The van der Waals surface area contributed by atoms with Crippen molar-refractivity contribution in [2.24, 2.45) is 0 Å². The van der Waals surface area contributed by atoms with Crippen LogP contribution in [0.3, 0.4) is 0 Å². The van der Waals surface area contributed by atoms with Crippen LogP contribution in [0.15, 0.2) is 40.9 Å². The fourth-order valence-corrected chi connectivity index (χ4v) is 2.47. The second-order valence-corrected chi connectivity index (χ2v) is 5.24. The van der Waals surface area contributed by atoms with E-state index in [1.54, 1.807) is 18.2 Å². The van der Waals surface area contributed by atoms with Crippen molar-refractivity contribution in [2.45, 2.75) is 6.92 Å². The number of amides is 1. The van der Waals surface area contributed by atoms with Crippen molar-refractivity contribution < 1.29 is 9.18 Å². The van der Waals surface area contributed by atoms with E-state index in [-0.39, 0.29) is 5.56 Å². The molecule has 1 N–H and O–H groups in total. The largest absolute Gasteiger partial charge is 0.320 e. The smallest absolute Gasteiger partial charge is 0.259 e. The molecule has 0 spiro atoms. The standard InChI is InChI=1S/C14H10BrClFNO/c1-8-4-2-6-10(16)13(8)18-14(19)12-9(15)5-3-7-11(12)17/h2-7H,1H3,(H,18,19). The van der Waals surface area contributed by atoms with Gasteiger partial charge in [0.15, 0.2) is 0 Å². The maximum Gasteiger partial charge on any atom is 0.259 e. The van der Waals surface area contributed by atoms with Crippen LogP contribution >= 0.6 is 27.5 Å². The van der Waals surface area contributed by atoms with Gasteiger partial charge < -0.3 is 5.32 Å². The van der Waals surface area contributed by atoms with Crippen LogP contribution in [0.25, 0.3) is 0 Å². The lowest BCUT2D eigenvalue weighted by Crippen LogP contribution is -2.15. The van der Waals surface area contributed by atoms with Gasteiger partial charge in [-0.2, -0.15) is 0 Å². The third kappa shape index (κ3) is 2.96. The van der Waals surface area contributed by atoms with Gasteiger partial charge in [0.2, 0.25) is 0 Å². The van der Waals surface area contributed by atoms with Gasteiger partial charge >= 0.3 is 0 Å². The minimum Gasteiger partial charge on any atom is -0.320 e. The van der Waals surface area contributed by atoms with Crippen molar-refractivity contribution >= 4 is 39.1 Å². The number of anilines is 1. The maximum atomic E-state index is 13.7. The Hall–Kier alpha value is -1.39. The number of aryl methyl sites for hydroxylation is 1. The predicted octanol–water partition coefficient (Wildman–Crippen LogP) is 4.80. The molecule has 0 saturated heterocycles. The summed E-state index contributed by atoms with van der Waals surface area (Å²) in [6.07, 6.45) is 0. The van der Waals surface area contributed by atoms with E-state index < -0.39 is 11.7 Å². The predicted molar refractivity (Wildman–Crippen MR) is 78.2 cm³/mol. The average Bonchev–Trinajstić information content (AvgIpc) is 2.34. The number of hydrogen-bond acceptors (Lipinski definition) is 1. The summed E-state index contributed by atoms with van der Waals surface area (Å²) in [5.41, 5.74) is 1.26. The first-order chi connectivity index (χ1) is 9.00. The second-order valence-electron chi connectivity index (χ2n) is 3.98. The highest BCUT2D eigenvalue weighted by molar-refractivity contribution is 9.10. The minimum atomic E-state index is -0.586. The number of benzene rings is 2. The van der Waals surface area contributed by atoms with Gasteiger partial charge in [0, 0.05) is 4.47 Å². The number of para-hydroxylation sites is 1. The molecular weight excluding hydrogens is 333 g/mol. The molecule has 2 aromatic carbocycles. The van der Waals surface area contributed by atoms with Crippen molar-refractivity contribution in [3.8, 4) is 0 Å². The van der Waals surface area contributed by atoms with Gasteiger partial charge in [-0.3, -0.25) is 4.79 Å². The van der Waals surface area contributed by atoms with E-state index in [9.17, 15) is 9.18 Å². The maximum absolute atomic E-state index is 13.7. The van der Waals surface area contributed by atoms with E-state index in [0.29, 0.717) is 15.2 Å². The molecule has 5 heteroatoms. The Morgan fingerprint density at radius 1 is 1.26 bits per heavy atom. The summed E-state index contributed by atoms with van der Waals surface area (Å²) in [5.74, 6) is -1.13. The highest BCUT2D eigenvalue weighted by Crippen LogP contribution is 2.27. The quantitative estimate of drug-likeness (QED) is 0.834. The molecule has 2 aromatic rings. The van der Waals surface area contributed by atoms with Gasteiger partial charge in [0.25, 0.3) is 5.91 Å². The molecular formula is C14H10BrClFNO. The van der Waals surface area contributed by atoms with Crippen molar-refractivity contribution in [1.29, 1.82) is 0 Å². The van der Waals surface area contributed by atoms with Crippen LogP contribution in [0, 0.1) is 12.7 Å². The van der Waals surface area contributed by atoms with Crippen molar-refractivity contribution in [2.75, 3.05) is 5.32 Å². The molecule has 2 nitrogen and oxygen atoms in total. The molecule has 0 aromatic heterocycles. The molecule has 0 bridgehead atoms. The summed E-state index contributed by atoms with van der Waals surface area (Å²) < 4.78 is 14.1. The number of rotatable bonds is 2. The fourth-order valence-electron chi connectivity index (χ4n) is 1.68. The van der Waals surface area contributed by atoms with Crippen LogP contribution in [-0.2, 0) is 0 Å². The Labute approximate surface area is 123 Å². The summed E-state index contributed by atoms with van der Waals surface area (Å²) in [7, 11) is 0. The minimum absolute atomic E-state index is 0.0400. The average molecular weight is 343 g/mol. The zero-order valence-corrected chi connectivity index (χ0v) is 12.3. The number of carbonyl (C=O) groups is 1. The van der Waals surface area contributed by atoms with Crippen LogP contribution in [0.5, 0.6) is 0 Å². The van der Waals surface area contributed by atoms with Gasteiger partial charge in [0.1, 0.15) is 5.82 Å². The van der Waals surface area contributed by atoms with Gasteiger partial charge in [0.05, 0.1) is 16.3 Å². The zero-order valence-electron chi connectivity index (χ0n) is 10.0. The van der Waals surface area contributed by atoms with E-state index >= 15 is 0 Å². The van der Waals surface area contributed by atoms with E-state index in [0.717, 1.165) is 5.56 Å². The Morgan fingerprint density at radius 3 is 2.58 bits per heavy atom. The monoisotopic (exact) mass is 341 g/mol. The van der Waals surface area contributed by atoms with Gasteiger partial charge in [-0.05, 0) is 46.6 Å². The molecule has 2 rings (SSSR count). The molecule has 0 unspecified atom stereocenters. The SMILES string of the molecule is Cc1cccc(Cl)c1NC(=O)c1c(F)cccc1Br. The van der Waals surface area contributed by atoms with E-state index in [1.807, 2.05) is 13.0 Å². The van der Waals surface area contributed by atoms with E-state index in [4.69, 9.17) is 11.6 Å². The third-order valence-electron chi connectivity index (χ3n) is 2.65. The van der Waals surface area contributed by atoms with E-state index in [1.165, 1.54) is 12.1 Å². The molecule has 0 aliphatic carbocycles. The van der Waals surface area contributed by atoms with Crippen molar-refractivity contribution in [3.05, 3.63) is 62.8 Å².